The molecule has 2 heterocycles. The first-order valence-corrected chi connectivity index (χ1v) is 10.3. The number of hydrogen-bond acceptors (Lipinski definition) is 3. The Morgan fingerprint density at radius 1 is 1.07 bits per heavy atom. The summed E-state index contributed by atoms with van der Waals surface area (Å²) in [6, 6.07) is 15.7. The number of ketones is 1. The van der Waals surface area contributed by atoms with E-state index < -0.39 is 0 Å². The predicted molar refractivity (Wildman–Crippen MR) is 115 cm³/mol. The molecule has 0 atom stereocenters. The first-order chi connectivity index (χ1) is 14.4. The highest BCUT2D eigenvalue weighted by molar-refractivity contribution is 5.98. The highest BCUT2D eigenvalue weighted by Gasteiger charge is 2.25. The minimum atomic E-state index is -0.297. The normalized spacial score (nSPS) is 14.8. The third-order valence-corrected chi connectivity index (χ3v) is 5.92. The molecule has 6 heteroatoms. The minimum Gasteiger partial charge on any atom is -0.508 e. The molecule has 0 radical (unpaired) electrons. The van der Waals surface area contributed by atoms with Crippen LogP contribution in [0.3, 0.4) is 0 Å². The topological polar surface area (TPSA) is 49.9 Å². The van der Waals surface area contributed by atoms with Crippen molar-refractivity contribution in [3.05, 3.63) is 77.4 Å². The first kappa shape index (κ1) is 20.2. The molecule has 2 aromatic carbocycles. The Balaban J connectivity index is 1.43. The summed E-state index contributed by atoms with van der Waals surface area (Å²) in [6.45, 7) is 7.69. The molecular weight excluding hydrogens is 381 g/mol. The Morgan fingerprint density at radius 3 is 2.40 bits per heavy atom. The Bertz CT molecular complexity index is 1050. The number of quaternary nitrogens is 1. The van der Waals surface area contributed by atoms with E-state index in [0.717, 1.165) is 43.3 Å². The van der Waals surface area contributed by atoms with Crippen LogP contribution in [0.5, 0.6) is 5.75 Å². The van der Waals surface area contributed by atoms with Crippen LogP contribution in [0.25, 0.3) is 5.69 Å². The molecule has 0 bridgehead atoms. The number of halogens is 1. The van der Waals surface area contributed by atoms with Gasteiger partial charge in [0, 0.05) is 22.6 Å². The van der Waals surface area contributed by atoms with Gasteiger partial charge in [-0.3, -0.25) is 4.79 Å². The van der Waals surface area contributed by atoms with Crippen molar-refractivity contribution in [3.63, 3.8) is 0 Å². The second-order valence-electron chi connectivity index (χ2n) is 7.93. The molecule has 1 aliphatic heterocycles. The van der Waals surface area contributed by atoms with Crippen LogP contribution < -0.4 is 9.80 Å². The van der Waals surface area contributed by atoms with Crippen LogP contribution in [-0.4, -0.2) is 48.2 Å². The number of phenolic OH excluding ortho intramolecular Hbond substituents is 1. The first-order valence-electron chi connectivity index (χ1n) is 10.3. The number of phenols is 1. The number of aromatic nitrogens is 1. The number of aromatic hydroxyl groups is 1. The average Bonchev–Trinajstić information content (AvgIpc) is 3.04. The van der Waals surface area contributed by atoms with Gasteiger partial charge in [-0.05, 0) is 56.3 Å². The third-order valence-electron chi connectivity index (χ3n) is 5.92. The zero-order valence-corrected chi connectivity index (χ0v) is 17.4. The van der Waals surface area contributed by atoms with Crippen molar-refractivity contribution in [1.29, 1.82) is 0 Å². The molecule has 1 fully saturated rings. The molecule has 4 rings (SSSR count). The number of rotatable bonds is 5. The molecule has 1 aromatic heterocycles. The molecule has 0 amide bonds. The van der Waals surface area contributed by atoms with Crippen LogP contribution in [0, 0.1) is 19.7 Å². The van der Waals surface area contributed by atoms with E-state index in [1.54, 1.807) is 30.3 Å². The molecule has 156 valence electrons. The fourth-order valence-electron chi connectivity index (χ4n) is 4.29. The molecule has 5 nitrogen and oxygen atoms in total. The van der Waals surface area contributed by atoms with E-state index in [0.29, 0.717) is 17.8 Å². The lowest BCUT2D eigenvalue weighted by Crippen LogP contribution is -3.15. The van der Waals surface area contributed by atoms with Gasteiger partial charge in [0.15, 0.2) is 0 Å². The molecule has 3 aromatic rings. The van der Waals surface area contributed by atoms with Crippen LogP contribution in [0.15, 0.2) is 54.6 Å². The lowest BCUT2D eigenvalue weighted by molar-refractivity contribution is -0.892. The fourth-order valence-corrected chi connectivity index (χ4v) is 4.29. The summed E-state index contributed by atoms with van der Waals surface area (Å²) in [5.41, 5.74) is 3.87. The fraction of sp³-hybridized carbons (Fsp3) is 0.292. The van der Waals surface area contributed by atoms with Gasteiger partial charge in [0.2, 0.25) is 5.78 Å². The van der Waals surface area contributed by atoms with Crippen LogP contribution >= 0.6 is 0 Å². The maximum Gasteiger partial charge on any atom is 0.218 e. The zero-order chi connectivity index (χ0) is 21.3. The van der Waals surface area contributed by atoms with Gasteiger partial charge in [-0.25, -0.2) is 4.39 Å². The summed E-state index contributed by atoms with van der Waals surface area (Å²) in [7, 11) is 0. The van der Waals surface area contributed by atoms with E-state index >= 15 is 0 Å². The highest BCUT2D eigenvalue weighted by atomic mass is 19.1. The predicted octanol–water partition coefficient (Wildman–Crippen LogP) is 2.53. The number of para-hydroxylation sites is 1. The number of anilines is 1. The van der Waals surface area contributed by atoms with Gasteiger partial charge in [-0.15, -0.1) is 0 Å². The van der Waals surface area contributed by atoms with E-state index in [1.165, 1.54) is 11.0 Å². The monoisotopic (exact) mass is 408 g/mol. The van der Waals surface area contributed by atoms with E-state index in [1.807, 2.05) is 36.6 Å². The number of nitrogens with one attached hydrogen (secondary N) is 1. The zero-order valence-electron chi connectivity index (χ0n) is 17.4. The van der Waals surface area contributed by atoms with Crippen molar-refractivity contribution in [2.75, 3.05) is 37.6 Å². The van der Waals surface area contributed by atoms with Crippen LogP contribution in [0.2, 0.25) is 0 Å². The second-order valence-corrected chi connectivity index (χ2v) is 7.93. The smallest absolute Gasteiger partial charge is 0.218 e. The van der Waals surface area contributed by atoms with Gasteiger partial charge in [0.1, 0.15) is 18.1 Å². The summed E-state index contributed by atoms with van der Waals surface area (Å²) in [4.78, 5) is 16.6. The largest absolute Gasteiger partial charge is 0.508 e. The average molecular weight is 408 g/mol. The summed E-state index contributed by atoms with van der Waals surface area (Å²) in [5, 5.41) is 9.45. The Labute approximate surface area is 176 Å². The van der Waals surface area contributed by atoms with Crippen LogP contribution in [-0.2, 0) is 0 Å². The number of aryl methyl sites for hydroxylation is 1. The van der Waals surface area contributed by atoms with Crippen molar-refractivity contribution < 1.29 is 19.2 Å². The number of hydrogen-bond donors (Lipinski definition) is 2. The molecule has 1 saturated heterocycles. The molecule has 0 aliphatic carbocycles. The van der Waals surface area contributed by atoms with E-state index in [4.69, 9.17) is 0 Å². The summed E-state index contributed by atoms with van der Waals surface area (Å²) in [5.74, 6) is 0.0645. The Hall–Kier alpha value is -3.12. The maximum atomic E-state index is 14.3. The third kappa shape index (κ3) is 3.96. The molecule has 2 N–H and O–H groups in total. The van der Waals surface area contributed by atoms with Gasteiger partial charge >= 0.3 is 0 Å². The second kappa shape index (κ2) is 8.32. The van der Waals surface area contributed by atoms with Crippen molar-refractivity contribution in [2.45, 2.75) is 13.8 Å². The standard InChI is InChI=1S/C24H26FN3O2/c1-17-15-21(18(2)28(17)23-6-4-3-5-22(23)25)24(30)16-26-11-13-27(14-12-26)19-7-9-20(29)10-8-19/h3-10,15,29H,11-14,16H2,1-2H3/p+1. The molecule has 0 saturated carbocycles. The van der Waals surface area contributed by atoms with E-state index in [-0.39, 0.29) is 17.3 Å². The van der Waals surface area contributed by atoms with Crippen LogP contribution in [0.1, 0.15) is 21.7 Å². The van der Waals surface area contributed by atoms with Crippen LogP contribution in [0.4, 0.5) is 10.1 Å². The van der Waals surface area contributed by atoms with Crippen molar-refractivity contribution in [2.24, 2.45) is 0 Å². The SMILES string of the molecule is Cc1cc(C(=O)C[NH+]2CCN(c3ccc(O)cc3)CC2)c(C)n1-c1ccccc1F. The number of carbonyl (C=O) groups excluding carboxylic acids is 1. The molecule has 0 spiro atoms. The van der Waals surface area contributed by atoms with E-state index in [2.05, 4.69) is 4.90 Å². The molecule has 1 aliphatic rings. The van der Waals surface area contributed by atoms with Crippen molar-refractivity contribution in [1.82, 2.24) is 4.57 Å². The molecule has 0 unspecified atom stereocenters. The number of benzene rings is 2. The lowest BCUT2D eigenvalue weighted by Gasteiger charge is -2.33. The maximum absolute atomic E-state index is 14.3. The lowest BCUT2D eigenvalue weighted by atomic mass is 10.1. The number of carbonyl (C=O) groups is 1. The van der Waals surface area contributed by atoms with Gasteiger partial charge < -0.3 is 19.5 Å². The van der Waals surface area contributed by atoms with E-state index in [9.17, 15) is 14.3 Å². The summed E-state index contributed by atoms with van der Waals surface area (Å²) in [6.07, 6.45) is 0. The summed E-state index contributed by atoms with van der Waals surface area (Å²) >= 11 is 0. The van der Waals surface area contributed by atoms with Crippen molar-refractivity contribution in [3.8, 4) is 11.4 Å². The van der Waals surface area contributed by atoms with Gasteiger partial charge in [0.25, 0.3) is 0 Å². The number of piperazine rings is 1. The quantitative estimate of drug-likeness (QED) is 0.638. The highest BCUT2D eigenvalue weighted by Crippen LogP contribution is 2.23. The van der Waals surface area contributed by atoms with Crippen molar-refractivity contribution >= 4 is 11.5 Å². The number of Topliss-reactive ketones (excluding diaryl/α,β-unsaturated/α-hetero) is 1. The van der Waals surface area contributed by atoms with Gasteiger partial charge in [-0.2, -0.15) is 0 Å². The molecular formula is C24H27FN3O2+. The minimum absolute atomic E-state index is 0.0961. The number of nitrogens with zero attached hydrogens (tertiary/aromatic N) is 2. The Kier molecular flexibility index (Phi) is 5.59. The summed E-state index contributed by atoms with van der Waals surface area (Å²) < 4.78 is 16.1. The van der Waals surface area contributed by atoms with Gasteiger partial charge in [-0.1, -0.05) is 12.1 Å². The van der Waals surface area contributed by atoms with Gasteiger partial charge in [0.05, 0.1) is 31.9 Å². The molecule has 30 heavy (non-hydrogen) atoms. The Morgan fingerprint density at radius 2 is 1.73 bits per heavy atom.